The average molecular weight is 126 g/mol. The Labute approximate surface area is 54.1 Å². The summed E-state index contributed by atoms with van der Waals surface area (Å²) in [5.74, 6) is 0. The third-order valence-electron chi connectivity index (χ3n) is 1.09. The van der Waals surface area contributed by atoms with Crippen molar-refractivity contribution in [2.24, 2.45) is 4.99 Å². The molecule has 0 aromatic rings. The summed E-state index contributed by atoms with van der Waals surface area (Å²) in [7, 11) is 0. The van der Waals surface area contributed by atoms with Gasteiger partial charge in [0.25, 0.3) is 0 Å². The molecule has 1 rings (SSSR count). The summed E-state index contributed by atoms with van der Waals surface area (Å²) < 4.78 is 0. The van der Waals surface area contributed by atoms with Crippen LogP contribution in [0, 0.1) is 0 Å². The summed E-state index contributed by atoms with van der Waals surface area (Å²) >= 11 is 0. The quantitative estimate of drug-likeness (QED) is 0.525. The summed E-state index contributed by atoms with van der Waals surface area (Å²) in [5, 5.41) is 11.4. The topological polar surface area (TPSA) is 44.6 Å². The van der Waals surface area contributed by atoms with Gasteiger partial charge in [-0.15, -0.1) is 0 Å². The fourth-order valence-electron chi connectivity index (χ4n) is 0.680. The van der Waals surface area contributed by atoms with E-state index in [9.17, 15) is 0 Å². The highest BCUT2D eigenvalue weighted by Crippen LogP contribution is 1.87. The first-order valence-electron chi connectivity index (χ1n) is 2.97. The summed E-state index contributed by atoms with van der Waals surface area (Å²) in [4.78, 5) is 4.06. The molecule has 50 valence electrons. The Kier molecular flexibility index (Phi) is 2.27. The van der Waals surface area contributed by atoms with E-state index in [2.05, 4.69) is 10.3 Å². The normalized spacial score (nSPS) is 20.8. The molecule has 0 atom stereocenters. The Hall–Kier alpha value is -0.830. The zero-order valence-electron chi connectivity index (χ0n) is 5.17. The molecule has 0 saturated carbocycles. The number of aliphatic hydroxyl groups is 1. The highest BCUT2D eigenvalue weighted by molar-refractivity contribution is 5.98. The van der Waals surface area contributed by atoms with Crippen LogP contribution in [0.2, 0.25) is 0 Å². The maximum absolute atomic E-state index is 8.38. The van der Waals surface area contributed by atoms with E-state index >= 15 is 0 Å². The SMILES string of the molecule is OCCN=C1C=CNC1. The number of hydrogen-bond donors (Lipinski definition) is 2. The second-order valence-corrected chi connectivity index (χ2v) is 1.81. The number of nitrogens with one attached hydrogen (secondary N) is 1. The molecule has 2 N–H and O–H groups in total. The number of nitrogens with zero attached hydrogens (tertiary/aromatic N) is 1. The Balaban J connectivity index is 2.32. The largest absolute Gasteiger partial charge is 0.394 e. The molecule has 3 nitrogen and oxygen atoms in total. The van der Waals surface area contributed by atoms with Crippen molar-refractivity contribution in [3.05, 3.63) is 12.3 Å². The van der Waals surface area contributed by atoms with Gasteiger partial charge in [0.1, 0.15) is 0 Å². The highest BCUT2D eigenvalue weighted by atomic mass is 16.3. The Morgan fingerprint density at radius 2 is 2.67 bits per heavy atom. The second kappa shape index (κ2) is 3.25. The predicted molar refractivity (Wildman–Crippen MR) is 36.5 cm³/mol. The van der Waals surface area contributed by atoms with Crippen LogP contribution in [0.15, 0.2) is 17.3 Å². The molecule has 3 heteroatoms. The van der Waals surface area contributed by atoms with Gasteiger partial charge in [0.2, 0.25) is 0 Å². The average Bonchev–Trinajstić information content (AvgIpc) is 2.34. The van der Waals surface area contributed by atoms with Gasteiger partial charge >= 0.3 is 0 Å². The number of aliphatic hydroxyl groups excluding tert-OH is 1. The van der Waals surface area contributed by atoms with Crippen molar-refractivity contribution in [2.75, 3.05) is 19.7 Å². The van der Waals surface area contributed by atoms with Crippen molar-refractivity contribution >= 4 is 5.71 Å². The second-order valence-electron chi connectivity index (χ2n) is 1.81. The van der Waals surface area contributed by atoms with Crippen molar-refractivity contribution in [2.45, 2.75) is 0 Å². The van der Waals surface area contributed by atoms with Crippen molar-refractivity contribution in [1.82, 2.24) is 5.32 Å². The van der Waals surface area contributed by atoms with E-state index < -0.39 is 0 Å². The fraction of sp³-hybridized carbons (Fsp3) is 0.500. The van der Waals surface area contributed by atoms with Gasteiger partial charge in [-0.05, 0) is 12.3 Å². The third kappa shape index (κ3) is 1.85. The molecule has 0 aromatic heterocycles. The van der Waals surface area contributed by atoms with Crippen LogP contribution in [0.4, 0.5) is 0 Å². The predicted octanol–water partition coefficient (Wildman–Crippen LogP) is -0.463. The molecule has 0 amide bonds. The fourth-order valence-corrected chi connectivity index (χ4v) is 0.680. The third-order valence-corrected chi connectivity index (χ3v) is 1.09. The van der Waals surface area contributed by atoms with Crippen molar-refractivity contribution < 1.29 is 5.11 Å². The van der Waals surface area contributed by atoms with E-state index in [4.69, 9.17) is 5.11 Å². The molecule has 0 spiro atoms. The summed E-state index contributed by atoms with van der Waals surface area (Å²) in [6.45, 7) is 1.46. The Bertz CT molecular complexity index is 140. The molecular weight excluding hydrogens is 116 g/mol. The zero-order chi connectivity index (χ0) is 6.53. The van der Waals surface area contributed by atoms with Crippen LogP contribution in [0.25, 0.3) is 0 Å². The van der Waals surface area contributed by atoms with Crippen LogP contribution in [0.3, 0.4) is 0 Å². The lowest BCUT2D eigenvalue weighted by molar-refractivity contribution is 0.307. The first kappa shape index (κ1) is 6.29. The minimum absolute atomic E-state index is 0.136. The molecule has 0 radical (unpaired) electrons. The Morgan fingerprint density at radius 1 is 1.78 bits per heavy atom. The summed E-state index contributed by atoms with van der Waals surface area (Å²) in [6.07, 6.45) is 3.77. The van der Waals surface area contributed by atoms with Crippen molar-refractivity contribution in [3.8, 4) is 0 Å². The van der Waals surface area contributed by atoms with Gasteiger partial charge in [-0.25, -0.2) is 0 Å². The van der Waals surface area contributed by atoms with Crippen molar-refractivity contribution in [3.63, 3.8) is 0 Å². The Morgan fingerprint density at radius 3 is 3.22 bits per heavy atom. The van der Waals surface area contributed by atoms with E-state index in [1.54, 1.807) is 0 Å². The van der Waals surface area contributed by atoms with E-state index in [0.29, 0.717) is 6.54 Å². The van der Waals surface area contributed by atoms with Crippen LogP contribution >= 0.6 is 0 Å². The van der Waals surface area contributed by atoms with Crippen molar-refractivity contribution in [1.29, 1.82) is 0 Å². The highest BCUT2D eigenvalue weighted by Gasteiger charge is 1.96. The molecule has 0 aromatic carbocycles. The van der Waals surface area contributed by atoms with Crippen LogP contribution in [-0.2, 0) is 0 Å². The first-order valence-corrected chi connectivity index (χ1v) is 2.97. The van der Waals surface area contributed by atoms with E-state index in [1.165, 1.54) is 0 Å². The monoisotopic (exact) mass is 126 g/mol. The van der Waals surface area contributed by atoms with E-state index in [0.717, 1.165) is 12.3 Å². The number of aliphatic imine (C=N–C) groups is 1. The molecule has 0 saturated heterocycles. The van der Waals surface area contributed by atoms with Crippen LogP contribution in [0.1, 0.15) is 0 Å². The number of hydrogen-bond acceptors (Lipinski definition) is 3. The molecule has 0 bridgehead atoms. The molecule has 0 fully saturated rings. The van der Waals surface area contributed by atoms with Gasteiger partial charge in [-0.1, -0.05) is 0 Å². The molecular formula is C6H10N2O. The molecule has 1 aliphatic heterocycles. The van der Waals surface area contributed by atoms with Gasteiger partial charge in [0, 0.05) is 0 Å². The van der Waals surface area contributed by atoms with E-state index in [1.807, 2.05) is 12.3 Å². The lowest BCUT2D eigenvalue weighted by Gasteiger charge is -1.90. The lowest BCUT2D eigenvalue weighted by atomic mass is 10.4. The molecule has 9 heavy (non-hydrogen) atoms. The molecule has 1 heterocycles. The molecule has 0 aliphatic carbocycles. The van der Waals surface area contributed by atoms with Gasteiger partial charge in [-0.3, -0.25) is 4.99 Å². The van der Waals surface area contributed by atoms with Gasteiger partial charge in [0.15, 0.2) is 0 Å². The summed E-state index contributed by atoms with van der Waals surface area (Å²) in [6, 6.07) is 0. The lowest BCUT2D eigenvalue weighted by Crippen LogP contribution is -2.08. The summed E-state index contributed by atoms with van der Waals surface area (Å²) in [5.41, 5.74) is 1.02. The standard InChI is InChI=1S/C6H10N2O/c9-4-3-8-6-1-2-7-5-6/h1-2,7,9H,3-5H2. The molecule has 1 aliphatic rings. The smallest absolute Gasteiger partial charge is 0.0627 e. The van der Waals surface area contributed by atoms with Crippen LogP contribution < -0.4 is 5.32 Å². The number of rotatable bonds is 2. The van der Waals surface area contributed by atoms with Gasteiger partial charge in [0.05, 0.1) is 25.4 Å². The molecule has 0 unspecified atom stereocenters. The minimum Gasteiger partial charge on any atom is -0.394 e. The minimum atomic E-state index is 0.136. The maximum Gasteiger partial charge on any atom is 0.0627 e. The zero-order valence-corrected chi connectivity index (χ0v) is 5.17. The van der Waals surface area contributed by atoms with E-state index in [-0.39, 0.29) is 6.61 Å². The van der Waals surface area contributed by atoms with Crippen LogP contribution in [0.5, 0.6) is 0 Å². The van der Waals surface area contributed by atoms with Crippen LogP contribution in [-0.4, -0.2) is 30.5 Å². The van der Waals surface area contributed by atoms with Gasteiger partial charge in [-0.2, -0.15) is 0 Å². The maximum atomic E-state index is 8.38. The first-order chi connectivity index (χ1) is 4.43. The van der Waals surface area contributed by atoms with Gasteiger partial charge < -0.3 is 10.4 Å².